The molecule has 1 aliphatic heterocycles. The first-order chi connectivity index (χ1) is 9.13. The topological polar surface area (TPSA) is 35.2 Å². The van der Waals surface area contributed by atoms with E-state index < -0.39 is 0 Å². The van der Waals surface area contributed by atoms with Gasteiger partial charge in [-0.2, -0.15) is 0 Å². The molecule has 0 bridgehead atoms. The summed E-state index contributed by atoms with van der Waals surface area (Å²) in [6.45, 7) is 2.36. The molecule has 1 aromatic rings. The average molecular weight is 324 g/mol. The zero-order valence-corrected chi connectivity index (χ0v) is 13.0. The number of nitrogens with two attached hydrogens (primary N) is 1. The van der Waals surface area contributed by atoms with E-state index in [2.05, 4.69) is 35.0 Å². The SMILES string of the molecule is CC1CCCC(C2C[C@H](N)c3cc(Br)ccc3O2)C1. The Hall–Kier alpha value is -0.540. The normalized spacial score (nSPS) is 34.5. The lowest BCUT2D eigenvalue weighted by molar-refractivity contribution is 0.0665. The predicted molar refractivity (Wildman–Crippen MR) is 81.2 cm³/mol. The third-order valence-electron chi connectivity index (χ3n) is 4.64. The summed E-state index contributed by atoms with van der Waals surface area (Å²) in [6, 6.07) is 6.30. The van der Waals surface area contributed by atoms with E-state index in [-0.39, 0.29) is 6.04 Å². The molecule has 19 heavy (non-hydrogen) atoms. The molecule has 2 N–H and O–H groups in total. The smallest absolute Gasteiger partial charge is 0.124 e. The van der Waals surface area contributed by atoms with Crippen molar-refractivity contribution in [3.63, 3.8) is 0 Å². The molecule has 1 fully saturated rings. The molecular formula is C16H22BrNO. The maximum Gasteiger partial charge on any atom is 0.124 e. The Morgan fingerprint density at radius 3 is 2.89 bits per heavy atom. The van der Waals surface area contributed by atoms with Crippen molar-refractivity contribution in [2.75, 3.05) is 0 Å². The van der Waals surface area contributed by atoms with Crippen LogP contribution in [0.5, 0.6) is 5.75 Å². The summed E-state index contributed by atoms with van der Waals surface area (Å²) in [5, 5.41) is 0. The van der Waals surface area contributed by atoms with Crippen LogP contribution in [0.4, 0.5) is 0 Å². The second kappa shape index (κ2) is 5.45. The molecule has 1 saturated carbocycles. The Labute approximate surface area is 123 Å². The molecule has 0 saturated heterocycles. The quantitative estimate of drug-likeness (QED) is 0.829. The van der Waals surface area contributed by atoms with Crippen LogP contribution in [0.3, 0.4) is 0 Å². The summed E-state index contributed by atoms with van der Waals surface area (Å²) in [5.74, 6) is 2.52. The minimum absolute atomic E-state index is 0.114. The minimum Gasteiger partial charge on any atom is -0.490 e. The van der Waals surface area contributed by atoms with E-state index in [0.717, 1.165) is 28.1 Å². The van der Waals surface area contributed by atoms with E-state index in [9.17, 15) is 0 Å². The summed E-state index contributed by atoms with van der Waals surface area (Å²) in [5.41, 5.74) is 7.49. The van der Waals surface area contributed by atoms with Crippen molar-refractivity contribution >= 4 is 15.9 Å². The third-order valence-corrected chi connectivity index (χ3v) is 5.13. The lowest BCUT2D eigenvalue weighted by Gasteiger charge is -2.38. The predicted octanol–water partition coefficient (Wildman–Crippen LogP) is 4.43. The van der Waals surface area contributed by atoms with Crippen molar-refractivity contribution in [2.24, 2.45) is 17.6 Å². The number of fused-ring (bicyclic) bond motifs is 1. The highest BCUT2D eigenvalue weighted by molar-refractivity contribution is 9.10. The van der Waals surface area contributed by atoms with Gasteiger partial charge in [0.2, 0.25) is 0 Å². The fraction of sp³-hybridized carbons (Fsp3) is 0.625. The standard InChI is InChI=1S/C16H22BrNO/c1-10-3-2-4-11(7-10)16-9-14(18)13-8-12(17)5-6-15(13)19-16/h5-6,8,10-11,14,16H,2-4,7,9,18H2,1H3/t10?,11?,14-,16?/m0/s1. The molecular weight excluding hydrogens is 302 g/mol. The summed E-state index contributed by atoms with van der Waals surface area (Å²) >= 11 is 3.51. The highest BCUT2D eigenvalue weighted by atomic mass is 79.9. The molecule has 3 unspecified atom stereocenters. The van der Waals surface area contributed by atoms with Crippen LogP contribution in [-0.2, 0) is 0 Å². The van der Waals surface area contributed by atoms with Crippen LogP contribution in [0.2, 0.25) is 0 Å². The maximum absolute atomic E-state index is 6.35. The van der Waals surface area contributed by atoms with Gasteiger partial charge in [-0.1, -0.05) is 35.7 Å². The Kier molecular flexibility index (Phi) is 3.86. The molecule has 4 atom stereocenters. The molecule has 3 heteroatoms. The van der Waals surface area contributed by atoms with Gasteiger partial charge >= 0.3 is 0 Å². The van der Waals surface area contributed by atoms with Crippen LogP contribution in [0, 0.1) is 11.8 Å². The number of ether oxygens (including phenoxy) is 1. The van der Waals surface area contributed by atoms with Gasteiger partial charge in [0.1, 0.15) is 11.9 Å². The number of benzene rings is 1. The fourth-order valence-electron chi connectivity index (χ4n) is 3.61. The Bertz CT molecular complexity index is 462. The van der Waals surface area contributed by atoms with E-state index in [0.29, 0.717) is 12.0 Å². The molecule has 0 aromatic heterocycles. The van der Waals surface area contributed by atoms with Gasteiger partial charge in [-0.3, -0.25) is 0 Å². The second-order valence-electron chi connectivity index (χ2n) is 6.21. The first-order valence-electron chi connectivity index (χ1n) is 7.35. The Morgan fingerprint density at radius 1 is 1.26 bits per heavy atom. The van der Waals surface area contributed by atoms with Gasteiger partial charge in [0, 0.05) is 22.5 Å². The molecule has 1 aromatic carbocycles. The fourth-order valence-corrected chi connectivity index (χ4v) is 3.99. The first-order valence-corrected chi connectivity index (χ1v) is 8.14. The molecule has 0 radical (unpaired) electrons. The zero-order valence-electron chi connectivity index (χ0n) is 11.4. The van der Waals surface area contributed by atoms with Crippen LogP contribution < -0.4 is 10.5 Å². The van der Waals surface area contributed by atoms with Crippen LogP contribution in [0.1, 0.15) is 50.6 Å². The largest absolute Gasteiger partial charge is 0.490 e. The van der Waals surface area contributed by atoms with Crippen molar-refractivity contribution in [3.05, 3.63) is 28.2 Å². The minimum atomic E-state index is 0.114. The first kappa shape index (κ1) is 13.4. The molecule has 1 aliphatic carbocycles. The highest BCUT2D eigenvalue weighted by Crippen LogP contribution is 2.41. The summed E-state index contributed by atoms with van der Waals surface area (Å²) in [4.78, 5) is 0. The van der Waals surface area contributed by atoms with Crippen molar-refractivity contribution in [1.82, 2.24) is 0 Å². The second-order valence-corrected chi connectivity index (χ2v) is 7.13. The number of hydrogen-bond acceptors (Lipinski definition) is 2. The monoisotopic (exact) mass is 323 g/mol. The number of rotatable bonds is 1. The third kappa shape index (κ3) is 2.82. The zero-order chi connectivity index (χ0) is 13.4. The van der Waals surface area contributed by atoms with E-state index in [1.165, 1.54) is 25.7 Å². The van der Waals surface area contributed by atoms with E-state index in [1.54, 1.807) is 0 Å². The van der Waals surface area contributed by atoms with Crippen LogP contribution in [-0.4, -0.2) is 6.10 Å². The van der Waals surface area contributed by atoms with Gasteiger partial charge in [-0.05, 0) is 42.9 Å². The Morgan fingerprint density at radius 2 is 2.11 bits per heavy atom. The van der Waals surface area contributed by atoms with E-state index in [1.807, 2.05) is 6.07 Å². The van der Waals surface area contributed by atoms with Gasteiger partial charge in [0.15, 0.2) is 0 Å². The van der Waals surface area contributed by atoms with Gasteiger partial charge in [-0.15, -0.1) is 0 Å². The van der Waals surface area contributed by atoms with Crippen molar-refractivity contribution in [1.29, 1.82) is 0 Å². The molecule has 2 aliphatic rings. The lowest BCUT2D eigenvalue weighted by Crippen LogP contribution is -2.37. The molecule has 104 valence electrons. The average Bonchev–Trinajstić information content (AvgIpc) is 2.39. The maximum atomic E-state index is 6.35. The molecule has 0 spiro atoms. The summed E-state index contributed by atoms with van der Waals surface area (Å²) in [7, 11) is 0. The number of halogens is 1. The van der Waals surface area contributed by atoms with Crippen LogP contribution >= 0.6 is 15.9 Å². The highest BCUT2D eigenvalue weighted by Gasteiger charge is 2.33. The Balaban J connectivity index is 1.79. The van der Waals surface area contributed by atoms with Crippen LogP contribution in [0.15, 0.2) is 22.7 Å². The van der Waals surface area contributed by atoms with Gasteiger partial charge in [0.05, 0.1) is 0 Å². The van der Waals surface area contributed by atoms with Crippen molar-refractivity contribution < 1.29 is 4.74 Å². The van der Waals surface area contributed by atoms with Crippen molar-refractivity contribution in [2.45, 2.75) is 51.2 Å². The van der Waals surface area contributed by atoms with E-state index in [4.69, 9.17) is 10.5 Å². The van der Waals surface area contributed by atoms with Gasteiger partial charge < -0.3 is 10.5 Å². The molecule has 0 amide bonds. The van der Waals surface area contributed by atoms with Gasteiger partial charge in [-0.25, -0.2) is 0 Å². The molecule has 3 rings (SSSR count). The molecule has 2 nitrogen and oxygen atoms in total. The number of hydrogen-bond donors (Lipinski definition) is 1. The van der Waals surface area contributed by atoms with Gasteiger partial charge in [0.25, 0.3) is 0 Å². The van der Waals surface area contributed by atoms with Crippen LogP contribution in [0.25, 0.3) is 0 Å². The van der Waals surface area contributed by atoms with Crippen molar-refractivity contribution in [3.8, 4) is 5.75 Å². The van der Waals surface area contributed by atoms with E-state index >= 15 is 0 Å². The lowest BCUT2D eigenvalue weighted by atomic mass is 9.77. The summed E-state index contributed by atoms with van der Waals surface area (Å²) < 4.78 is 7.32. The molecule has 1 heterocycles. The summed E-state index contributed by atoms with van der Waals surface area (Å²) in [6.07, 6.45) is 6.58.